The number of anilines is 1. The van der Waals surface area contributed by atoms with Crippen LogP contribution in [0.25, 0.3) is 0 Å². The second-order valence-electron chi connectivity index (χ2n) is 8.24. The summed E-state index contributed by atoms with van der Waals surface area (Å²) < 4.78 is 29.5. The van der Waals surface area contributed by atoms with Crippen molar-refractivity contribution in [2.45, 2.75) is 56.5 Å². The molecule has 7 heteroatoms. The van der Waals surface area contributed by atoms with Gasteiger partial charge in [0.05, 0.1) is 4.90 Å². The molecule has 1 N–H and O–H groups in total. The predicted molar refractivity (Wildman–Crippen MR) is 155 cm³/mol. The molecule has 4 aromatic carbocycles. The molecule has 186 valence electrons. The Morgan fingerprint density at radius 2 is 1.36 bits per heavy atom. The predicted octanol–water partition coefficient (Wildman–Crippen LogP) is 7.65. The van der Waals surface area contributed by atoms with E-state index in [1.54, 1.807) is 36.0 Å². The number of rotatable bonds is 11. The fourth-order valence-corrected chi connectivity index (χ4v) is 9.13. The van der Waals surface area contributed by atoms with Gasteiger partial charge in [-0.2, -0.15) is 0 Å². The molecule has 0 heterocycles. The molecule has 0 bridgehead atoms. The Bertz CT molecular complexity index is 1390. The van der Waals surface area contributed by atoms with Crippen LogP contribution >= 0.6 is 23.5 Å². The summed E-state index contributed by atoms with van der Waals surface area (Å²) in [4.78, 5) is 5.06. The van der Waals surface area contributed by atoms with E-state index in [1.165, 1.54) is 37.3 Å². The Morgan fingerprint density at radius 1 is 0.750 bits per heavy atom. The second-order valence-corrected chi connectivity index (χ2v) is 14.5. The number of hydrogen-bond donors (Lipinski definition) is 1. The van der Waals surface area contributed by atoms with Crippen LogP contribution in [0.4, 0.5) is 5.69 Å². The molecular weight excluding hydrogens is 569 g/mol. The van der Waals surface area contributed by atoms with Crippen molar-refractivity contribution in [3.8, 4) is 0 Å². The van der Waals surface area contributed by atoms with Gasteiger partial charge in [0.25, 0.3) is 0 Å². The van der Waals surface area contributed by atoms with Crippen LogP contribution in [0.3, 0.4) is 0 Å². The van der Waals surface area contributed by atoms with Crippen molar-refractivity contribution in [2.24, 2.45) is 0 Å². The molecule has 0 aliphatic heterocycles. The monoisotopic (exact) mass is 599 g/mol. The minimum atomic E-state index is -3.61. The quantitative estimate of drug-likeness (QED) is 0.142. The van der Waals surface area contributed by atoms with Gasteiger partial charge in [-0.15, -0.1) is 0 Å². The molecule has 0 aromatic heterocycles. The molecule has 3 nitrogen and oxygen atoms in total. The summed E-state index contributed by atoms with van der Waals surface area (Å²) in [7, 11) is -3.61. The average Bonchev–Trinajstić information content (AvgIpc) is 2.88. The number of benzene rings is 4. The van der Waals surface area contributed by atoms with E-state index in [0.29, 0.717) is 20.6 Å². The Labute approximate surface area is 229 Å². The van der Waals surface area contributed by atoms with Crippen LogP contribution in [0.2, 0.25) is 5.32 Å². The van der Waals surface area contributed by atoms with Crippen LogP contribution in [-0.2, 0) is 10.0 Å². The second kappa shape index (κ2) is 12.9. The third kappa shape index (κ3) is 7.44. The molecule has 36 heavy (non-hydrogen) atoms. The first-order valence-corrected chi connectivity index (χ1v) is 17.0. The molecule has 0 unspecified atom stereocenters. The van der Waals surface area contributed by atoms with E-state index in [0.717, 1.165) is 10.5 Å². The van der Waals surface area contributed by atoms with E-state index >= 15 is 0 Å². The molecule has 0 amide bonds. The van der Waals surface area contributed by atoms with Crippen LogP contribution in [0.5, 0.6) is 0 Å². The van der Waals surface area contributed by atoms with E-state index < -0.39 is 10.0 Å². The van der Waals surface area contributed by atoms with Gasteiger partial charge in [-0.3, -0.25) is 0 Å². The summed E-state index contributed by atoms with van der Waals surface area (Å²) in [6, 6.07) is 31.6. The van der Waals surface area contributed by atoms with Crippen LogP contribution < -0.4 is 9.18 Å². The van der Waals surface area contributed by atoms with Gasteiger partial charge in [-0.25, -0.2) is 8.42 Å². The zero-order valence-electron chi connectivity index (χ0n) is 20.3. The number of sulfonamides is 1. The average molecular weight is 599 g/mol. The third-order valence-electron chi connectivity index (χ3n) is 5.34. The van der Waals surface area contributed by atoms with Crippen LogP contribution in [0.1, 0.15) is 25.3 Å². The summed E-state index contributed by atoms with van der Waals surface area (Å²) in [6.07, 6.45) is 2.52. The number of unbranched alkanes of at least 4 members (excludes halogenated alkanes) is 1. The van der Waals surface area contributed by atoms with E-state index in [4.69, 9.17) is 0 Å². The molecular formula is C29H29NO2S3Se. The van der Waals surface area contributed by atoms with Crippen molar-refractivity contribution < 1.29 is 8.42 Å². The van der Waals surface area contributed by atoms with Crippen molar-refractivity contribution in [1.29, 1.82) is 0 Å². The first kappa shape index (κ1) is 26.9. The van der Waals surface area contributed by atoms with Gasteiger partial charge < -0.3 is 0 Å². The van der Waals surface area contributed by atoms with Gasteiger partial charge in [0.15, 0.2) is 0 Å². The summed E-state index contributed by atoms with van der Waals surface area (Å²) in [6.45, 7) is 4.18. The molecule has 0 aliphatic carbocycles. The Morgan fingerprint density at radius 3 is 2.03 bits per heavy atom. The summed E-state index contributed by atoms with van der Waals surface area (Å²) in [5.74, 6) is 0. The molecule has 0 fully saturated rings. The molecule has 0 spiro atoms. The molecule has 4 rings (SSSR count). The maximum absolute atomic E-state index is 12.7. The van der Waals surface area contributed by atoms with E-state index in [2.05, 4.69) is 60.2 Å². The van der Waals surface area contributed by atoms with E-state index in [-0.39, 0.29) is 4.90 Å². The minimum absolute atomic E-state index is 0.258. The van der Waals surface area contributed by atoms with Crippen molar-refractivity contribution in [2.75, 3.05) is 4.72 Å². The Hall–Kier alpha value is -2.15. The summed E-state index contributed by atoms with van der Waals surface area (Å²) in [5, 5.41) is 1.28. The number of aryl methyl sites for hydroxylation is 1. The van der Waals surface area contributed by atoms with Gasteiger partial charge in [0.1, 0.15) is 0 Å². The first-order valence-electron chi connectivity index (χ1n) is 11.8. The molecule has 0 saturated heterocycles. The number of hydrogen-bond acceptors (Lipinski definition) is 4. The van der Waals surface area contributed by atoms with Gasteiger partial charge >= 0.3 is 181 Å². The molecule has 0 saturated carbocycles. The number of nitrogens with one attached hydrogen (secondary N) is 1. The van der Waals surface area contributed by atoms with E-state index in [9.17, 15) is 8.42 Å². The Balaban J connectivity index is 1.46. The third-order valence-corrected chi connectivity index (χ3v) is 11.8. The van der Waals surface area contributed by atoms with Crippen LogP contribution in [-0.4, -0.2) is 23.4 Å². The molecule has 4 aromatic rings. The fourth-order valence-electron chi connectivity index (χ4n) is 3.37. The molecule has 0 aliphatic rings. The van der Waals surface area contributed by atoms with Crippen molar-refractivity contribution >= 4 is 58.7 Å². The SMILES string of the molecule is CCCC[Se]c1ccccc1Sc1ccccc1Sc1ccc(NS(=O)(=O)c2ccc(C)cc2)cc1. The van der Waals surface area contributed by atoms with Gasteiger partial charge in [-0.1, -0.05) is 17.7 Å². The normalized spacial score (nSPS) is 11.4. The zero-order chi connectivity index (χ0) is 25.4. The van der Waals surface area contributed by atoms with Crippen LogP contribution in [0.15, 0.2) is 122 Å². The standard InChI is InChI=1S/C29H29NO2S3Se/c1-3-4-21-36-29-12-8-7-11-28(29)34-27-10-6-5-9-26(27)33-24-17-15-23(16-18-24)30-35(31,32)25-19-13-22(2)14-20-25/h5-20,30H,3-4,21H2,1-2H3. The Kier molecular flexibility index (Phi) is 9.63. The van der Waals surface area contributed by atoms with Crippen molar-refractivity contribution in [1.82, 2.24) is 0 Å². The van der Waals surface area contributed by atoms with Gasteiger partial charge in [0.2, 0.25) is 0 Å². The zero-order valence-corrected chi connectivity index (χ0v) is 24.5. The van der Waals surface area contributed by atoms with Gasteiger partial charge in [-0.05, 0) is 19.1 Å². The summed E-state index contributed by atoms with van der Waals surface area (Å²) >= 11 is 4.01. The first-order chi connectivity index (χ1) is 17.4. The maximum atomic E-state index is 12.7. The van der Waals surface area contributed by atoms with E-state index in [1.807, 2.05) is 43.0 Å². The van der Waals surface area contributed by atoms with Crippen molar-refractivity contribution in [3.63, 3.8) is 0 Å². The van der Waals surface area contributed by atoms with Crippen LogP contribution in [0, 0.1) is 6.92 Å². The summed E-state index contributed by atoms with van der Waals surface area (Å²) in [5.41, 5.74) is 1.57. The topological polar surface area (TPSA) is 46.2 Å². The van der Waals surface area contributed by atoms with Crippen molar-refractivity contribution in [3.05, 3.63) is 103 Å². The fraction of sp³-hybridized carbons (Fsp3) is 0.172. The molecule has 0 atom stereocenters. The molecule has 0 radical (unpaired) electrons. The van der Waals surface area contributed by atoms with Gasteiger partial charge in [0, 0.05) is 0 Å².